The lowest BCUT2D eigenvalue weighted by Gasteiger charge is -1.95. The van der Waals surface area contributed by atoms with Crippen LogP contribution in [0.3, 0.4) is 0 Å². The van der Waals surface area contributed by atoms with Gasteiger partial charge in [0.15, 0.2) is 0 Å². The summed E-state index contributed by atoms with van der Waals surface area (Å²) in [7, 11) is 1.73. The Labute approximate surface area is 49.6 Å². The number of hydrazine groups is 1. The van der Waals surface area contributed by atoms with Gasteiger partial charge in [0.25, 0.3) is 0 Å². The number of methoxy groups -OCH3 is 1. The van der Waals surface area contributed by atoms with E-state index in [1.165, 1.54) is 0 Å². The summed E-state index contributed by atoms with van der Waals surface area (Å²) in [5.74, 6) is 0. The van der Waals surface area contributed by atoms with E-state index in [9.17, 15) is 0 Å². The van der Waals surface area contributed by atoms with E-state index >= 15 is 0 Å². The highest BCUT2D eigenvalue weighted by molar-refractivity contribution is 4.58. The predicted molar refractivity (Wildman–Crippen MR) is 31.2 cm³/mol. The van der Waals surface area contributed by atoms with Gasteiger partial charge in [-0.3, -0.25) is 0 Å². The SMILES string of the molecule is COCCCN1CN1. The Morgan fingerprint density at radius 2 is 2.50 bits per heavy atom. The fraction of sp³-hybridized carbons (Fsp3) is 1.00. The second-order valence-corrected chi connectivity index (χ2v) is 1.93. The highest BCUT2D eigenvalue weighted by Gasteiger charge is 2.13. The molecule has 1 saturated heterocycles. The summed E-state index contributed by atoms with van der Waals surface area (Å²) in [4.78, 5) is 0. The highest BCUT2D eigenvalue weighted by atomic mass is 16.5. The maximum atomic E-state index is 4.87. The largest absolute Gasteiger partial charge is 0.385 e. The van der Waals surface area contributed by atoms with Crippen molar-refractivity contribution in [1.29, 1.82) is 0 Å². The topological polar surface area (TPSA) is 34.2 Å². The molecule has 0 aromatic rings. The molecule has 0 saturated carbocycles. The normalized spacial score (nSPS) is 25.9. The monoisotopic (exact) mass is 116 g/mol. The van der Waals surface area contributed by atoms with Crippen molar-refractivity contribution in [3.05, 3.63) is 0 Å². The third-order valence-electron chi connectivity index (χ3n) is 1.16. The van der Waals surface area contributed by atoms with Crippen LogP contribution < -0.4 is 5.43 Å². The van der Waals surface area contributed by atoms with Gasteiger partial charge in [-0.25, -0.2) is 10.4 Å². The average Bonchev–Trinajstić information content (AvgIpc) is 2.51. The molecule has 8 heavy (non-hydrogen) atoms. The molecule has 0 aromatic carbocycles. The molecule has 3 nitrogen and oxygen atoms in total. The maximum absolute atomic E-state index is 4.87. The quantitative estimate of drug-likeness (QED) is 0.408. The summed E-state index contributed by atoms with van der Waals surface area (Å²) in [6, 6.07) is 0. The number of nitrogens with one attached hydrogen (secondary N) is 1. The zero-order valence-electron chi connectivity index (χ0n) is 5.18. The van der Waals surface area contributed by atoms with E-state index in [2.05, 4.69) is 10.4 Å². The molecule has 0 amide bonds. The molecule has 1 aliphatic rings. The standard InChI is InChI=1S/C5H12N2O/c1-8-4-2-3-7-5-6-7/h6H,2-5H2,1H3. The van der Waals surface area contributed by atoms with Crippen LogP contribution in [-0.2, 0) is 4.74 Å². The maximum Gasteiger partial charge on any atom is 0.0754 e. The average molecular weight is 116 g/mol. The molecule has 1 fully saturated rings. The number of rotatable bonds is 4. The Bertz CT molecular complexity index is 63.4. The molecule has 0 aliphatic carbocycles. The summed E-state index contributed by atoms with van der Waals surface area (Å²) in [5.41, 5.74) is 3.07. The Balaban J connectivity index is 1.74. The Hall–Kier alpha value is -0.120. The van der Waals surface area contributed by atoms with Crippen molar-refractivity contribution in [2.75, 3.05) is 26.9 Å². The third-order valence-corrected chi connectivity index (χ3v) is 1.16. The first-order valence-corrected chi connectivity index (χ1v) is 2.91. The fourth-order valence-electron chi connectivity index (χ4n) is 0.608. The molecule has 1 unspecified atom stereocenters. The Morgan fingerprint density at radius 1 is 1.75 bits per heavy atom. The van der Waals surface area contributed by atoms with E-state index in [0.29, 0.717) is 0 Å². The number of nitrogens with zero attached hydrogens (tertiary/aromatic N) is 1. The van der Waals surface area contributed by atoms with Crippen LogP contribution in [0.5, 0.6) is 0 Å². The van der Waals surface area contributed by atoms with Gasteiger partial charge in [-0.1, -0.05) is 0 Å². The van der Waals surface area contributed by atoms with Crippen molar-refractivity contribution >= 4 is 0 Å². The Kier molecular flexibility index (Phi) is 2.27. The van der Waals surface area contributed by atoms with Gasteiger partial charge in [0, 0.05) is 20.3 Å². The van der Waals surface area contributed by atoms with Crippen LogP contribution in [0.4, 0.5) is 0 Å². The molecule has 3 heteroatoms. The first kappa shape index (κ1) is 6.01. The van der Waals surface area contributed by atoms with Gasteiger partial charge in [-0.15, -0.1) is 0 Å². The van der Waals surface area contributed by atoms with Crippen molar-refractivity contribution in [2.45, 2.75) is 6.42 Å². The third kappa shape index (κ3) is 2.26. The van der Waals surface area contributed by atoms with Crippen LogP contribution in [0, 0.1) is 0 Å². The summed E-state index contributed by atoms with van der Waals surface area (Å²) in [6.07, 6.45) is 1.13. The van der Waals surface area contributed by atoms with E-state index in [0.717, 1.165) is 26.2 Å². The van der Waals surface area contributed by atoms with Crippen molar-refractivity contribution in [3.8, 4) is 0 Å². The fourth-order valence-corrected chi connectivity index (χ4v) is 0.608. The number of hydrogen-bond donors (Lipinski definition) is 1. The summed E-state index contributed by atoms with van der Waals surface area (Å²) < 4.78 is 4.87. The van der Waals surface area contributed by atoms with E-state index in [-0.39, 0.29) is 0 Å². The molecule has 0 radical (unpaired) electrons. The lowest BCUT2D eigenvalue weighted by Crippen LogP contribution is -2.05. The number of ether oxygens (including phenoxy) is 1. The highest BCUT2D eigenvalue weighted by Crippen LogP contribution is 1.94. The molecule has 48 valence electrons. The van der Waals surface area contributed by atoms with Gasteiger partial charge in [0.2, 0.25) is 0 Å². The van der Waals surface area contributed by atoms with E-state index in [4.69, 9.17) is 4.74 Å². The van der Waals surface area contributed by atoms with Crippen LogP contribution in [0.25, 0.3) is 0 Å². The van der Waals surface area contributed by atoms with Crippen LogP contribution in [0.1, 0.15) is 6.42 Å². The summed E-state index contributed by atoms with van der Waals surface area (Å²) in [6.45, 7) is 3.05. The first-order valence-electron chi connectivity index (χ1n) is 2.91. The van der Waals surface area contributed by atoms with Crippen molar-refractivity contribution in [3.63, 3.8) is 0 Å². The first-order chi connectivity index (χ1) is 3.93. The number of hydrogen-bond acceptors (Lipinski definition) is 3. The second-order valence-electron chi connectivity index (χ2n) is 1.93. The van der Waals surface area contributed by atoms with E-state index in [1.54, 1.807) is 7.11 Å². The lowest BCUT2D eigenvalue weighted by atomic mass is 10.5. The van der Waals surface area contributed by atoms with E-state index < -0.39 is 0 Å². The molecule has 1 atom stereocenters. The van der Waals surface area contributed by atoms with Crippen molar-refractivity contribution < 1.29 is 4.74 Å². The molecular formula is C5H12N2O. The van der Waals surface area contributed by atoms with Crippen molar-refractivity contribution in [2.24, 2.45) is 0 Å². The minimum atomic E-state index is 0.873. The molecule has 0 aromatic heterocycles. The smallest absolute Gasteiger partial charge is 0.0754 e. The van der Waals surface area contributed by atoms with Gasteiger partial charge in [0.1, 0.15) is 0 Å². The van der Waals surface area contributed by atoms with E-state index in [1.807, 2.05) is 0 Å². The molecule has 1 N–H and O–H groups in total. The zero-order valence-corrected chi connectivity index (χ0v) is 5.18. The summed E-state index contributed by atoms with van der Waals surface area (Å²) in [5, 5.41) is 2.15. The van der Waals surface area contributed by atoms with Crippen LogP contribution in [-0.4, -0.2) is 31.9 Å². The van der Waals surface area contributed by atoms with Gasteiger partial charge in [0.05, 0.1) is 6.67 Å². The molecular weight excluding hydrogens is 104 g/mol. The van der Waals surface area contributed by atoms with Crippen LogP contribution in [0.15, 0.2) is 0 Å². The van der Waals surface area contributed by atoms with Gasteiger partial charge < -0.3 is 4.74 Å². The molecule has 1 aliphatic heterocycles. The van der Waals surface area contributed by atoms with Crippen molar-refractivity contribution in [1.82, 2.24) is 10.4 Å². The van der Waals surface area contributed by atoms with Gasteiger partial charge in [-0.2, -0.15) is 0 Å². The van der Waals surface area contributed by atoms with Crippen LogP contribution in [0.2, 0.25) is 0 Å². The minimum Gasteiger partial charge on any atom is -0.385 e. The molecule has 1 rings (SSSR count). The molecule has 1 heterocycles. The summed E-state index contributed by atoms with van der Waals surface area (Å²) >= 11 is 0. The molecule has 0 bridgehead atoms. The minimum absolute atomic E-state index is 0.873. The lowest BCUT2D eigenvalue weighted by molar-refractivity contribution is 0.189. The Morgan fingerprint density at radius 3 is 3.00 bits per heavy atom. The zero-order chi connectivity index (χ0) is 5.82. The van der Waals surface area contributed by atoms with Gasteiger partial charge in [-0.05, 0) is 6.42 Å². The predicted octanol–water partition coefficient (Wildman–Crippen LogP) is -0.199. The van der Waals surface area contributed by atoms with Gasteiger partial charge >= 0.3 is 0 Å². The van der Waals surface area contributed by atoms with Crippen LogP contribution >= 0.6 is 0 Å². The second kappa shape index (κ2) is 3.02. The molecule has 0 spiro atoms.